The third-order valence-electron chi connectivity index (χ3n) is 4.79. The minimum absolute atomic E-state index is 0.0716. The van der Waals surface area contributed by atoms with E-state index in [2.05, 4.69) is 32.3 Å². The number of pyridine rings is 1. The Morgan fingerprint density at radius 3 is 2.62 bits per heavy atom. The number of anilines is 1. The standard InChI is InChI=1S/C23H22BrN3O2/c1-4-16-10-15(12-25)11-19-21(16)26-13-20(23(28)29-5-2)22(19)27-14(3)17-6-8-18(24)9-7-17/h6-11,13-14H,4-5H2,1-3H3,(H,26,27). The smallest absolute Gasteiger partial charge is 0.341 e. The second-order valence-corrected chi connectivity index (χ2v) is 7.60. The number of carbonyl (C=O) groups excluding carboxylic acids is 1. The van der Waals surface area contributed by atoms with Crippen molar-refractivity contribution in [1.82, 2.24) is 4.98 Å². The number of fused-ring (bicyclic) bond motifs is 1. The van der Waals surface area contributed by atoms with Crippen molar-refractivity contribution in [2.75, 3.05) is 11.9 Å². The third-order valence-corrected chi connectivity index (χ3v) is 5.32. The van der Waals surface area contributed by atoms with Crippen molar-refractivity contribution < 1.29 is 9.53 Å². The van der Waals surface area contributed by atoms with Crippen LogP contribution in [0.1, 0.15) is 53.9 Å². The van der Waals surface area contributed by atoms with E-state index in [4.69, 9.17) is 4.74 Å². The van der Waals surface area contributed by atoms with Crippen molar-refractivity contribution in [3.05, 3.63) is 69.3 Å². The molecule has 1 N–H and O–H groups in total. The molecule has 0 radical (unpaired) electrons. The maximum absolute atomic E-state index is 12.6. The number of carbonyl (C=O) groups is 1. The quantitative estimate of drug-likeness (QED) is 0.480. The molecule has 0 spiro atoms. The zero-order valence-electron chi connectivity index (χ0n) is 16.6. The summed E-state index contributed by atoms with van der Waals surface area (Å²) in [5, 5.41) is 13.7. The van der Waals surface area contributed by atoms with Crippen LogP contribution in [0.3, 0.4) is 0 Å². The topological polar surface area (TPSA) is 75.0 Å². The van der Waals surface area contributed by atoms with Gasteiger partial charge in [0.25, 0.3) is 0 Å². The summed E-state index contributed by atoms with van der Waals surface area (Å²) >= 11 is 3.45. The second kappa shape index (κ2) is 9.06. The van der Waals surface area contributed by atoms with Crippen molar-refractivity contribution in [2.45, 2.75) is 33.2 Å². The van der Waals surface area contributed by atoms with E-state index in [1.54, 1.807) is 19.2 Å². The van der Waals surface area contributed by atoms with Crippen LogP contribution in [0, 0.1) is 11.3 Å². The Morgan fingerprint density at radius 1 is 1.28 bits per heavy atom. The number of aromatic nitrogens is 1. The van der Waals surface area contributed by atoms with Crippen LogP contribution in [-0.2, 0) is 11.2 Å². The highest BCUT2D eigenvalue weighted by molar-refractivity contribution is 9.10. The van der Waals surface area contributed by atoms with Crippen molar-refractivity contribution in [1.29, 1.82) is 5.26 Å². The van der Waals surface area contributed by atoms with Crippen molar-refractivity contribution in [2.24, 2.45) is 0 Å². The number of hydrogen-bond acceptors (Lipinski definition) is 5. The highest BCUT2D eigenvalue weighted by Crippen LogP contribution is 2.33. The number of ether oxygens (including phenoxy) is 1. The van der Waals surface area contributed by atoms with Gasteiger partial charge in [0.05, 0.1) is 29.4 Å². The number of hydrogen-bond donors (Lipinski definition) is 1. The maximum Gasteiger partial charge on any atom is 0.341 e. The van der Waals surface area contributed by atoms with Crippen LogP contribution in [-0.4, -0.2) is 17.6 Å². The average Bonchev–Trinajstić information content (AvgIpc) is 2.73. The molecule has 5 nitrogen and oxygen atoms in total. The Labute approximate surface area is 178 Å². The molecule has 6 heteroatoms. The van der Waals surface area contributed by atoms with Gasteiger partial charge in [-0.1, -0.05) is 35.0 Å². The fourth-order valence-corrected chi connectivity index (χ4v) is 3.55. The van der Waals surface area contributed by atoms with E-state index in [-0.39, 0.29) is 12.6 Å². The molecule has 0 aliphatic rings. The van der Waals surface area contributed by atoms with E-state index in [1.165, 1.54) is 0 Å². The average molecular weight is 452 g/mol. The van der Waals surface area contributed by atoms with Crippen molar-refractivity contribution >= 4 is 38.5 Å². The number of benzene rings is 2. The molecule has 0 aliphatic carbocycles. The van der Waals surface area contributed by atoms with E-state index in [1.807, 2.05) is 44.2 Å². The molecule has 29 heavy (non-hydrogen) atoms. The molecule has 1 aromatic heterocycles. The minimum atomic E-state index is -0.437. The summed E-state index contributed by atoms with van der Waals surface area (Å²) in [4.78, 5) is 17.1. The number of nitrogens with zero attached hydrogens (tertiary/aromatic N) is 2. The van der Waals surface area contributed by atoms with Gasteiger partial charge in [0, 0.05) is 22.1 Å². The van der Waals surface area contributed by atoms with Gasteiger partial charge in [-0.05, 0) is 55.7 Å². The lowest BCUT2D eigenvalue weighted by Crippen LogP contribution is -2.14. The zero-order valence-corrected chi connectivity index (χ0v) is 18.2. The monoisotopic (exact) mass is 451 g/mol. The van der Waals surface area contributed by atoms with Crippen LogP contribution in [0.15, 0.2) is 47.1 Å². The molecule has 1 atom stereocenters. The van der Waals surface area contributed by atoms with Crippen LogP contribution in [0.25, 0.3) is 10.9 Å². The molecule has 1 unspecified atom stereocenters. The van der Waals surface area contributed by atoms with E-state index in [0.29, 0.717) is 16.8 Å². The Balaban J connectivity index is 2.19. The summed E-state index contributed by atoms with van der Waals surface area (Å²) in [5.41, 5.74) is 4.35. The highest BCUT2D eigenvalue weighted by Gasteiger charge is 2.20. The Bertz CT molecular complexity index is 1090. The van der Waals surface area contributed by atoms with Gasteiger partial charge in [-0.25, -0.2) is 4.79 Å². The summed E-state index contributed by atoms with van der Waals surface area (Å²) in [6, 6.07) is 13.8. The van der Waals surface area contributed by atoms with Gasteiger partial charge in [-0.2, -0.15) is 5.26 Å². The molecule has 0 aliphatic heterocycles. The lowest BCUT2D eigenvalue weighted by atomic mass is 9.99. The van der Waals surface area contributed by atoms with E-state index in [9.17, 15) is 10.1 Å². The predicted octanol–water partition coefficient (Wildman–Crippen LogP) is 5.78. The van der Waals surface area contributed by atoms with Crippen LogP contribution in [0.5, 0.6) is 0 Å². The molecule has 0 saturated carbocycles. The molecule has 0 fully saturated rings. The lowest BCUT2D eigenvalue weighted by Gasteiger charge is -2.20. The van der Waals surface area contributed by atoms with Gasteiger partial charge in [0.15, 0.2) is 0 Å². The normalized spacial score (nSPS) is 11.7. The van der Waals surface area contributed by atoms with E-state index in [0.717, 1.165) is 32.9 Å². The molecule has 3 rings (SSSR count). The second-order valence-electron chi connectivity index (χ2n) is 6.68. The van der Waals surface area contributed by atoms with Gasteiger partial charge in [0.1, 0.15) is 5.56 Å². The molecule has 3 aromatic rings. The van der Waals surface area contributed by atoms with Crippen molar-refractivity contribution in [3.8, 4) is 6.07 Å². The first-order valence-corrected chi connectivity index (χ1v) is 10.3. The summed E-state index contributed by atoms with van der Waals surface area (Å²) in [5.74, 6) is -0.437. The summed E-state index contributed by atoms with van der Waals surface area (Å²) in [6.07, 6.45) is 2.29. The van der Waals surface area contributed by atoms with Crippen LogP contribution in [0.4, 0.5) is 5.69 Å². The summed E-state index contributed by atoms with van der Waals surface area (Å²) in [7, 11) is 0. The molecule has 1 heterocycles. The number of rotatable bonds is 6. The number of halogens is 1. The van der Waals surface area contributed by atoms with E-state index >= 15 is 0 Å². The van der Waals surface area contributed by atoms with Gasteiger partial charge >= 0.3 is 5.97 Å². The first kappa shape index (κ1) is 20.8. The molecule has 148 valence electrons. The van der Waals surface area contributed by atoms with E-state index < -0.39 is 5.97 Å². The Hall–Kier alpha value is -2.91. The summed E-state index contributed by atoms with van der Waals surface area (Å²) < 4.78 is 6.24. The Morgan fingerprint density at radius 2 is 2.00 bits per heavy atom. The fraction of sp³-hybridized carbons (Fsp3) is 0.261. The molecule has 0 saturated heterocycles. The predicted molar refractivity (Wildman–Crippen MR) is 118 cm³/mol. The number of esters is 1. The first-order valence-electron chi connectivity index (χ1n) is 9.53. The van der Waals surface area contributed by atoms with Crippen molar-refractivity contribution in [3.63, 3.8) is 0 Å². The SMILES string of the molecule is CCOC(=O)c1cnc2c(CC)cc(C#N)cc2c1NC(C)c1ccc(Br)cc1. The van der Waals surface area contributed by atoms with Gasteiger partial charge in [0.2, 0.25) is 0 Å². The number of aryl methyl sites for hydroxylation is 1. The van der Waals surface area contributed by atoms with Gasteiger partial charge in [-0.15, -0.1) is 0 Å². The Kier molecular flexibility index (Phi) is 6.50. The van der Waals surface area contributed by atoms with Crippen LogP contribution < -0.4 is 5.32 Å². The minimum Gasteiger partial charge on any atom is -0.462 e. The lowest BCUT2D eigenvalue weighted by molar-refractivity contribution is 0.0527. The van der Waals surface area contributed by atoms with Crippen LogP contribution >= 0.6 is 15.9 Å². The number of nitriles is 1. The first-order chi connectivity index (χ1) is 14.0. The molecular formula is C23H22BrN3O2. The van der Waals surface area contributed by atoms with Gasteiger partial charge < -0.3 is 10.1 Å². The molecule has 2 aromatic carbocycles. The van der Waals surface area contributed by atoms with Crippen LogP contribution in [0.2, 0.25) is 0 Å². The molecule has 0 bridgehead atoms. The molecular weight excluding hydrogens is 430 g/mol. The van der Waals surface area contributed by atoms with Gasteiger partial charge in [-0.3, -0.25) is 4.98 Å². The fourth-order valence-electron chi connectivity index (χ4n) is 3.28. The molecule has 0 amide bonds. The number of nitrogens with one attached hydrogen (secondary N) is 1. The highest BCUT2D eigenvalue weighted by atomic mass is 79.9. The summed E-state index contributed by atoms with van der Waals surface area (Å²) in [6.45, 7) is 6.09. The largest absolute Gasteiger partial charge is 0.462 e. The zero-order chi connectivity index (χ0) is 21.0. The maximum atomic E-state index is 12.6. The third kappa shape index (κ3) is 4.41.